The van der Waals surface area contributed by atoms with Crippen LogP contribution in [0.1, 0.15) is 0 Å². The van der Waals surface area contributed by atoms with Gasteiger partial charge in [-0.2, -0.15) is 8.78 Å². The molecule has 54 valence electrons. The van der Waals surface area contributed by atoms with E-state index in [4.69, 9.17) is 10.2 Å². The van der Waals surface area contributed by atoms with Crippen LogP contribution in [0.25, 0.3) is 0 Å². The normalized spacial score (nSPS) is 9.80. The first-order valence-electron chi connectivity index (χ1n) is 2.49. The number of aromatic hydroxyl groups is 2. The highest BCUT2D eigenvalue weighted by Gasteiger charge is 2.10. The van der Waals surface area contributed by atoms with Gasteiger partial charge in [0.15, 0.2) is 11.5 Å². The molecule has 0 saturated heterocycles. The summed E-state index contributed by atoms with van der Waals surface area (Å²) in [6, 6.07) is 1.74. The van der Waals surface area contributed by atoms with Gasteiger partial charge in [-0.05, 0) is 12.1 Å². The minimum absolute atomic E-state index is 0.810. The fourth-order valence-corrected chi connectivity index (χ4v) is 0.529. The van der Waals surface area contributed by atoms with Crippen LogP contribution in [0.5, 0.6) is 11.5 Å². The van der Waals surface area contributed by atoms with Gasteiger partial charge >= 0.3 is 0 Å². The Hall–Kier alpha value is -1.32. The van der Waals surface area contributed by atoms with Crippen LogP contribution >= 0.6 is 0 Å². The molecule has 0 saturated carbocycles. The molecule has 1 aromatic carbocycles. The molecule has 0 fully saturated rings. The Morgan fingerprint density at radius 1 is 0.900 bits per heavy atom. The molecule has 1 rings (SSSR count). The van der Waals surface area contributed by atoms with E-state index in [-0.39, 0.29) is 0 Å². The zero-order valence-corrected chi connectivity index (χ0v) is 4.81. The predicted molar refractivity (Wildman–Crippen MR) is 29.7 cm³/mol. The van der Waals surface area contributed by atoms with Gasteiger partial charge in [0.1, 0.15) is 0 Å². The van der Waals surface area contributed by atoms with E-state index in [1.54, 1.807) is 0 Å². The van der Waals surface area contributed by atoms with Crippen LogP contribution in [-0.4, -0.2) is 10.2 Å². The molecular weight excluding hydrogens is 142 g/mol. The van der Waals surface area contributed by atoms with Gasteiger partial charge in [-0.1, -0.05) is 0 Å². The lowest BCUT2D eigenvalue weighted by molar-refractivity contribution is 0.374. The summed E-state index contributed by atoms with van der Waals surface area (Å²) in [5.74, 6) is -4.48. The summed E-state index contributed by atoms with van der Waals surface area (Å²) in [5.41, 5.74) is 0. The molecule has 0 spiro atoms. The van der Waals surface area contributed by atoms with Crippen molar-refractivity contribution in [2.24, 2.45) is 0 Å². The van der Waals surface area contributed by atoms with Crippen LogP contribution in [-0.2, 0) is 0 Å². The van der Waals surface area contributed by atoms with E-state index in [1.165, 1.54) is 0 Å². The number of rotatable bonds is 0. The zero-order valence-electron chi connectivity index (χ0n) is 4.81. The molecule has 4 heteroatoms. The molecule has 0 amide bonds. The molecule has 0 aliphatic heterocycles. The summed E-state index contributed by atoms with van der Waals surface area (Å²) < 4.78 is 24.4. The summed E-state index contributed by atoms with van der Waals surface area (Å²) in [6.45, 7) is 0. The molecule has 1 aromatic rings. The third-order valence-corrected chi connectivity index (χ3v) is 1.04. The first-order chi connectivity index (χ1) is 4.63. The van der Waals surface area contributed by atoms with Gasteiger partial charge in [-0.3, -0.25) is 0 Å². The maximum atomic E-state index is 12.2. The average molecular weight is 146 g/mol. The van der Waals surface area contributed by atoms with E-state index in [9.17, 15) is 8.78 Å². The average Bonchev–Trinajstić information content (AvgIpc) is 1.93. The second-order valence-electron chi connectivity index (χ2n) is 1.73. The van der Waals surface area contributed by atoms with Crippen LogP contribution in [0, 0.1) is 11.6 Å². The first kappa shape index (κ1) is 6.80. The van der Waals surface area contributed by atoms with E-state index >= 15 is 0 Å². The highest BCUT2D eigenvalue weighted by molar-refractivity contribution is 5.32. The Bertz CT molecular complexity index is 233. The first-order valence-corrected chi connectivity index (χ1v) is 2.49. The third kappa shape index (κ3) is 0.877. The standard InChI is InChI=1S/C6H4F2O2/c7-5-3(9)1-2-4(10)6(5)8/h1-2,9-10H. The van der Waals surface area contributed by atoms with Crippen LogP contribution < -0.4 is 0 Å². The van der Waals surface area contributed by atoms with Crippen molar-refractivity contribution in [2.75, 3.05) is 0 Å². The molecule has 0 heterocycles. The Morgan fingerprint density at radius 2 is 1.20 bits per heavy atom. The van der Waals surface area contributed by atoms with Crippen molar-refractivity contribution < 1.29 is 19.0 Å². The van der Waals surface area contributed by atoms with Gasteiger partial charge < -0.3 is 10.2 Å². The van der Waals surface area contributed by atoms with E-state index < -0.39 is 23.1 Å². The quantitative estimate of drug-likeness (QED) is 0.543. The van der Waals surface area contributed by atoms with Gasteiger partial charge in [0.25, 0.3) is 0 Å². The Labute approximate surface area is 55.4 Å². The zero-order chi connectivity index (χ0) is 7.72. The highest BCUT2D eigenvalue weighted by atomic mass is 19.2. The van der Waals surface area contributed by atoms with Crippen molar-refractivity contribution in [3.8, 4) is 11.5 Å². The SMILES string of the molecule is Oc1ccc(O)c(F)c1F. The van der Waals surface area contributed by atoms with Crippen molar-refractivity contribution in [3.05, 3.63) is 23.8 Å². The van der Waals surface area contributed by atoms with Crippen LogP contribution in [0.2, 0.25) is 0 Å². The number of benzene rings is 1. The van der Waals surface area contributed by atoms with Gasteiger partial charge in [-0.25, -0.2) is 0 Å². The van der Waals surface area contributed by atoms with Crippen molar-refractivity contribution in [3.63, 3.8) is 0 Å². The van der Waals surface area contributed by atoms with Crippen molar-refractivity contribution in [1.29, 1.82) is 0 Å². The fraction of sp³-hybridized carbons (Fsp3) is 0. The van der Waals surface area contributed by atoms with Gasteiger partial charge in [-0.15, -0.1) is 0 Å². The molecule has 0 aliphatic carbocycles. The van der Waals surface area contributed by atoms with Gasteiger partial charge in [0, 0.05) is 0 Å². The smallest absolute Gasteiger partial charge is 0.204 e. The van der Waals surface area contributed by atoms with E-state index in [1.807, 2.05) is 0 Å². The Kier molecular flexibility index (Phi) is 1.45. The molecule has 2 N–H and O–H groups in total. The number of phenolic OH excluding ortho intramolecular Hbond substituents is 2. The van der Waals surface area contributed by atoms with E-state index in [2.05, 4.69) is 0 Å². The van der Waals surface area contributed by atoms with Crippen LogP contribution in [0.15, 0.2) is 12.1 Å². The molecule has 0 bridgehead atoms. The third-order valence-electron chi connectivity index (χ3n) is 1.04. The number of phenols is 2. The summed E-state index contributed by atoms with van der Waals surface area (Å²) >= 11 is 0. The molecule has 0 aromatic heterocycles. The molecular formula is C6H4F2O2. The monoisotopic (exact) mass is 146 g/mol. The molecule has 0 unspecified atom stereocenters. The number of halogens is 2. The second-order valence-corrected chi connectivity index (χ2v) is 1.73. The maximum absolute atomic E-state index is 12.2. The molecule has 0 atom stereocenters. The van der Waals surface area contributed by atoms with Crippen LogP contribution in [0.3, 0.4) is 0 Å². The molecule has 0 aliphatic rings. The second kappa shape index (κ2) is 2.13. The molecule has 2 nitrogen and oxygen atoms in total. The molecule has 10 heavy (non-hydrogen) atoms. The Morgan fingerprint density at radius 3 is 1.50 bits per heavy atom. The topological polar surface area (TPSA) is 40.5 Å². The van der Waals surface area contributed by atoms with Crippen molar-refractivity contribution in [1.82, 2.24) is 0 Å². The number of hydrogen-bond donors (Lipinski definition) is 2. The van der Waals surface area contributed by atoms with Crippen molar-refractivity contribution >= 4 is 0 Å². The van der Waals surface area contributed by atoms with E-state index in [0.29, 0.717) is 0 Å². The minimum Gasteiger partial charge on any atom is -0.505 e. The summed E-state index contributed by atoms with van der Waals surface area (Å²) in [5, 5.41) is 17.0. The maximum Gasteiger partial charge on any atom is 0.204 e. The minimum atomic E-state index is -1.43. The van der Waals surface area contributed by atoms with Gasteiger partial charge in [0.05, 0.1) is 0 Å². The lowest BCUT2D eigenvalue weighted by Gasteiger charge is -1.96. The lowest BCUT2D eigenvalue weighted by Crippen LogP contribution is -1.83. The summed E-state index contributed by atoms with van der Waals surface area (Å²) in [4.78, 5) is 0. The van der Waals surface area contributed by atoms with Crippen LogP contribution in [0.4, 0.5) is 8.78 Å². The summed E-state index contributed by atoms with van der Waals surface area (Å²) in [6.07, 6.45) is 0. The van der Waals surface area contributed by atoms with E-state index in [0.717, 1.165) is 12.1 Å². The fourth-order valence-electron chi connectivity index (χ4n) is 0.529. The highest BCUT2D eigenvalue weighted by Crippen LogP contribution is 2.24. The van der Waals surface area contributed by atoms with Gasteiger partial charge in [0.2, 0.25) is 11.6 Å². The lowest BCUT2D eigenvalue weighted by atomic mass is 10.3. The summed E-state index contributed by atoms with van der Waals surface area (Å²) in [7, 11) is 0. The number of hydrogen-bond acceptors (Lipinski definition) is 2. The molecule has 0 radical (unpaired) electrons. The van der Waals surface area contributed by atoms with Crippen molar-refractivity contribution in [2.45, 2.75) is 0 Å². The Balaban J connectivity index is 3.34. The predicted octanol–water partition coefficient (Wildman–Crippen LogP) is 1.38. The largest absolute Gasteiger partial charge is 0.505 e.